The van der Waals surface area contributed by atoms with Crippen LogP contribution in [0, 0.1) is 19.7 Å². The maximum absolute atomic E-state index is 13.5. The summed E-state index contributed by atoms with van der Waals surface area (Å²) in [7, 11) is 0.309. The zero-order valence-corrected chi connectivity index (χ0v) is 15.6. The summed E-state index contributed by atoms with van der Waals surface area (Å²) in [5.74, 6) is -0.190. The number of aryl methyl sites for hydroxylation is 2. The van der Waals surface area contributed by atoms with Crippen LogP contribution in [-0.2, 0) is 0 Å². The standard InChI is InChI=1S/C20H24FO2P/c1-5-6-18(17-10-12(2)9-13(3)20(17)23)24-19-8-7-15(21)11-16(19)14(4)22/h7-11,18,23-24H,5-6H2,1-4H3. The number of phenolic OH excluding ortho intramolecular Hbond substituents is 1. The fourth-order valence-corrected chi connectivity index (χ4v) is 4.74. The van der Waals surface area contributed by atoms with E-state index in [0.717, 1.165) is 34.8 Å². The second-order valence-corrected chi connectivity index (χ2v) is 7.78. The topological polar surface area (TPSA) is 37.3 Å². The average molecular weight is 346 g/mol. The number of rotatable bonds is 6. The first-order chi connectivity index (χ1) is 11.3. The van der Waals surface area contributed by atoms with Crippen molar-refractivity contribution in [3.05, 3.63) is 58.4 Å². The van der Waals surface area contributed by atoms with E-state index in [4.69, 9.17) is 0 Å². The Hall–Kier alpha value is -1.73. The summed E-state index contributed by atoms with van der Waals surface area (Å²) >= 11 is 0. The van der Waals surface area contributed by atoms with Crippen LogP contribution in [0.4, 0.5) is 4.39 Å². The van der Waals surface area contributed by atoms with Crippen LogP contribution in [0.15, 0.2) is 30.3 Å². The van der Waals surface area contributed by atoms with Crippen LogP contribution in [0.25, 0.3) is 0 Å². The molecular weight excluding hydrogens is 322 g/mol. The van der Waals surface area contributed by atoms with Gasteiger partial charge in [0.15, 0.2) is 5.78 Å². The van der Waals surface area contributed by atoms with E-state index in [1.807, 2.05) is 26.0 Å². The Labute approximate surface area is 144 Å². The highest BCUT2D eigenvalue weighted by Gasteiger charge is 2.20. The summed E-state index contributed by atoms with van der Waals surface area (Å²) in [4.78, 5) is 11.9. The van der Waals surface area contributed by atoms with Crippen LogP contribution in [0.1, 0.15) is 59.4 Å². The minimum atomic E-state index is -0.393. The second kappa shape index (κ2) is 7.90. The van der Waals surface area contributed by atoms with Gasteiger partial charge in [-0.05, 0) is 50.2 Å². The van der Waals surface area contributed by atoms with Crippen molar-refractivity contribution < 1.29 is 14.3 Å². The summed E-state index contributed by atoms with van der Waals surface area (Å²) in [5, 5.41) is 11.4. The van der Waals surface area contributed by atoms with E-state index in [2.05, 4.69) is 6.92 Å². The molecule has 2 aromatic carbocycles. The number of hydrogen-bond donors (Lipinski definition) is 1. The van der Waals surface area contributed by atoms with Crippen LogP contribution in [0.5, 0.6) is 5.75 Å². The molecule has 1 N–H and O–H groups in total. The largest absolute Gasteiger partial charge is 0.507 e. The van der Waals surface area contributed by atoms with Gasteiger partial charge in [-0.25, -0.2) is 4.39 Å². The molecular formula is C20H24FO2P. The van der Waals surface area contributed by atoms with E-state index in [-0.39, 0.29) is 11.4 Å². The van der Waals surface area contributed by atoms with E-state index in [0.29, 0.717) is 19.9 Å². The second-order valence-electron chi connectivity index (χ2n) is 6.25. The van der Waals surface area contributed by atoms with Gasteiger partial charge in [-0.3, -0.25) is 4.79 Å². The fourth-order valence-electron chi connectivity index (χ4n) is 2.97. The van der Waals surface area contributed by atoms with Gasteiger partial charge in [0.1, 0.15) is 11.6 Å². The van der Waals surface area contributed by atoms with Gasteiger partial charge < -0.3 is 5.11 Å². The molecule has 0 spiro atoms. The molecule has 0 fully saturated rings. The Kier molecular flexibility index (Phi) is 6.12. The molecule has 128 valence electrons. The molecule has 2 nitrogen and oxygen atoms in total. The lowest BCUT2D eigenvalue weighted by atomic mass is 10.0. The molecule has 0 heterocycles. The highest BCUT2D eigenvalue weighted by atomic mass is 31.1. The smallest absolute Gasteiger partial charge is 0.160 e. The predicted octanol–water partition coefficient (Wildman–Crippen LogP) is 5.20. The summed E-state index contributed by atoms with van der Waals surface area (Å²) in [6.07, 6.45) is 1.88. The molecule has 4 heteroatoms. The number of carbonyl (C=O) groups excluding carboxylic acids is 1. The van der Waals surface area contributed by atoms with Gasteiger partial charge >= 0.3 is 0 Å². The molecule has 0 aliphatic heterocycles. The molecule has 0 aromatic heterocycles. The number of carbonyl (C=O) groups is 1. The first kappa shape index (κ1) is 18.6. The monoisotopic (exact) mass is 346 g/mol. The third-order valence-corrected chi connectivity index (χ3v) is 5.81. The van der Waals surface area contributed by atoms with Gasteiger partial charge in [-0.1, -0.05) is 45.7 Å². The number of phenols is 1. The molecule has 0 saturated carbocycles. The summed E-state index contributed by atoms with van der Waals surface area (Å²) < 4.78 is 13.5. The first-order valence-corrected chi connectivity index (χ1v) is 9.28. The maximum Gasteiger partial charge on any atom is 0.160 e. The SMILES string of the molecule is CCCC(Pc1ccc(F)cc1C(C)=O)c1cc(C)cc(C)c1O. The van der Waals surface area contributed by atoms with E-state index >= 15 is 0 Å². The van der Waals surface area contributed by atoms with Crippen molar-refractivity contribution in [3.63, 3.8) is 0 Å². The lowest BCUT2D eigenvalue weighted by Crippen LogP contribution is -2.11. The zero-order valence-electron chi connectivity index (χ0n) is 14.6. The Bertz CT molecular complexity index is 756. The van der Waals surface area contributed by atoms with Gasteiger partial charge in [0.25, 0.3) is 0 Å². The Morgan fingerprint density at radius 1 is 1.25 bits per heavy atom. The van der Waals surface area contributed by atoms with E-state index in [9.17, 15) is 14.3 Å². The van der Waals surface area contributed by atoms with E-state index in [1.54, 1.807) is 6.07 Å². The van der Waals surface area contributed by atoms with Gasteiger partial charge in [-0.15, -0.1) is 0 Å². The molecule has 2 aromatic rings. The molecule has 0 amide bonds. The molecule has 0 radical (unpaired) electrons. The molecule has 0 bridgehead atoms. The van der Waals surface area contributed by atoms with Crippen LogP contribution in [-0.4, -0.2) is 10.9 Å². The van der Waals surface area contributed by atoms with Crippen LogP contribution >= 0.6 is 8.58 Å². The molecule has 24 heavy (non-hydrogen) atoms. The summed E-state index contributed by atoms with van der Waals surface area (Å²) in [5.41, 5.74) is 3.46. The van der Waals surface area contributed by atoms with E-state index < -0.39 is 5.82 Å². The number of halogens is 1. The molecule has 2 rings (SSSR count). The Morgan fingerprint density at radius 2 is 1.96 bits per heavy atom. The predicted molar refractivity (Wildman–Crippen MR) is 99.6 cm³/mol. The molecule has 0 aliphatic carbocycles. The maximum atomic E-state index is 13.5. The van der Waals surface area contributed by atoms with Gasteiger partial charge in [-0.2, -0.15) is 0 Å². The third kappa shape index (κ3) is 4.21. The normalized spacial score (nSPS) is 12.7. The first-order valence-electron chi connectivity index (χ1n) is 8.20. The minimum absolute atomic E-state index is 0.122. The van der Waals surface area contributed by atoms with Crippen molar-refractivity contribution in [1.82, 2.24) is 0 Å². The summed E-state index contributed by atoms with van der Waals surface area (Å²) in [6, 6.07) is 8.40. The van der Waals surface area contributed by atoms with E-state index in [1.165, 1.54) is 19.1 Å². The number of hydrogen-bond acceptors (Lipinski definition) is 2. The third-order valence-electron chi connectivity index (χ3n) is 4.12. The zero-order chi connectivity index (χ0) is 17.9. The number of Topliss-reactive ketones (excluding diaryl/α,β-unsaturated/α-hetero) is 1. The van der Waals surface area contributed by atoms with Crippen molar-refractivity contribution in [2.75, 3.05) is 0 Å². The van der Waals surface area contributed by atoms with Crippen molar-refractivity contribution in [2.24, 2.45) is 0 Å². The van der Waals surface area contributed by atoms with Crippen molar-refractivity contribution in [1.29, 1.82) is 0 Å². The van der Waals surface area contributed by atoms with Gasteiger partial charge in [0.2, 0.25) is 0 Å². The minimum Gasteiger partial charge on any atom is -0.507 e. The Morgan fingerprint density at radius 3 is 2.58 bits per heavy atom. The molecule has 0 aliphatic rings. The van der Waals surface area contributed by atoms with Crippen molar-refractivity contribution in [2.45, 2.75) is 46.2 Å². The highest BCUT2D eigenvalue weighted by molar-refractivity contribution is 7.47. The molecule has 2 atom stereocenters. The fraction of sp³-hybridized carbons (Fsp3) is 0.350. The Balaban J connectivity index is 2.46. The van der Waals surface area contributed by atoms with Gasteiger partial charge in [0, 0.05) is 16.8 Å². The van der Waals surface area contributed by atoms with Gasteiger partial charge in [0.05, 0.1) is 0 Å². The lowest BCUT2D eigenvalue weighted by Gasteiger charge is -2.21. The molecule has 0 saturated heterocycles. The molecule has 2 unspecified atom stereocenters. The van der Waals surface area contributed by atoms with Crippen LogP contribution < -0.4 is 5.30 Å². The van der Waals surface area contributed by atoms with Crippen LogP contribution in [0.3, 0.4) is 0 Å². The lowest BCUT2D eigenvalue weighted by molar-refractivity contribution is 0.101. The number of aromatic hydroxyl groups is 1. The number of ketones is 1. The number of benzene rings is 2. The average Bonchev–Trinajstić information content (AvgIpc) is 2.51. The summed E-state index contributed by atoms with van der Waals surface area (Å²) in [6.45, 7) is 7.48. The van der Waals surface area contributed by atoms with Crippen molar-refractivity contribution in [3.8, 4) is 5.75 Å². The quantitative estimate of drug-likeness (QED) is 0.577. The van der Waals surface area contributed by atoms with Crippen LogP contribution in [0.2, 0.25) is 0 Å². The van der Waals surface area contributed by atoms with Crippen molar-refractivity contribution >= 4 is 19.7 Å². The highest BCUT2D eigenvalue weighted by Crippen LogP contribution is 2.43.